The van der Waals surface area contributed by atoms with Gasteiger partial charge in [-0.3, -0.25) is 0 Å². The molecule has 3 N–H and O–H groups in total. The molecule has 2 rings (SSSR count). The lowest BCUT2D eigenvalue weighted by Crippen LogP contribution is -1.92. The van der Waals surface area contributed by atoms with Crippen molar-refractivity contribution in [1.29, 1.82) is 0 Å². The summed E-state index contributed by atoms with van der Waals surface area (Å²) in [6.07, 6.45) is 0. The molecule has 0 aliphatic heterocycles. The van der Waals surface area contributed by atoms with Crippen molar-refractivity contribution in [1.82, 2.24) is 0 Å². The molecule has 0 fully saturated rings. The van der Waals surface area contributed by atoms with E-state index in [1.807, 2.05) is 25.2 Å². The molecule has 0 saturated carbocycles. The van der Waals surface area contributed by atoms with Crippen LogP contribution in [0.5, 0.6) is 5.75 Å². The van der Waals surface area contributed by atoms with Gasteiger partial charge in [-0.2, -0.15) is 0 Å². The molecule has 3 nitrogen and oxygen atoms in total. The highest BCUT2D eigenvalue weighted by molar-refractivity contribution is 7.14. The molecule has 16 heavy (non-hydrogen) atoms. The van der Waals surface area contributed by atoms with E-state index in [-0.39, 0.29) is 0 Å². The van der Waals surface area contributed by atoms with E-state index < -0.39 is 0 Å². The minimum Gasteiger partial charge on any atom is -0.495 e. The van der Waals surface area contributed by atoms with E-state index in [1.54, 1.807) is 18.4 Å². The van der Waals surface area contributed by atoms with Gasteiger partial charge >= 0.3 is 0 Å². The minimum atomic E-state index is 0.664. The predicted octanol–water partition coefficient (Wildman–Crippen LogP) is 3.05. The molecule has 0 spiro atoms. The fourth-order valence-corrected chi connectivity index (χ4v) is 2.30. The van der Waals surface area contributed by atoms with E-state index in [2.05, 4.69) is 16.8 Å². The molecular formula is C12H14N2OS. The van der Waals surface area contributed by atoms with Crippen LogP contribution in [0.15, 0.2) is 29.6 Å². The summed E-state index contributed by atoms with van der Waals surface area (Å²) in [4.78, 5) is 0. The number of nitrogen functional groups attached to an aromatic ring is 1. The Morgan fingerprint density at radius 3 is 2.62 bits per heavy atom. The van der Waals surface area contributed by atoms with Crippen molar-refractivity contribution in [3.05, 3.63) is 29.6 Å². The van der Waals surface area contributed by atoms with E-state index >= 15 is 0 Å². The highest BCUT2D eigenvalue weighted by Crippen LogP contribution is 2.32. The number of thiophene rings is 1. The number of rotatable bonds is 3. The van der Waals surface area contributed by atoms with E-state index in [0.717, 1.165) is 10.6 Å². The topological polar surface area (TPSA) is 47.3 Å². The van der Waals surface area contributed by atoms with Crippen LogP contribution < -0.4 is 15.8 Å². The number of anilines is 2. The highest BCUT2D eigenvalue weighted by atomic mass is 32.1. The fraction of sp³-hybridized carbons (Fsp3) is 0.167. The Balaban J connectivity index is 2.37. The maximum Gasteiger partial charge on any atom is 0.141 e. The molecule has 0 aliphatic rings. The number of hydrogen-bond donors (Lipinski definition) is 2. The molecule has 84 valence electrons. The molecule has 0 atom stereocenters. The van der Waals surface area contributed by atoms with E-state index in [9.17, 15) is 0 Å². The summed E-state index contributed by atoms with van der Waals surface area (Å²) in [5.41, 5.74) is 8.81. The molecular weight excluding hydrogens is 220 g/mol. The Kier molecular flexibility index (Phi) is 3.01. The molecule has 0 saturated heterocycles. The molecule has 0 radical (unpaired) electrons. The van der Waals surface area contributed by atoms with Gasteiger partial charge < -0.3 is 15.8 Å². The second-order valence-corrected chi connectivity index (χ2v) is 4.32. The molecule has 0 unspecified atom stereocenters. The zero-order chi connectivity index (χ0) is 11.5. The van der Waals surface area contributed by atoms with Gasteiger partial charge in [0.25, 0.3) is 0 Å². The number of hydrogen-bond acceptors (Lipinski definition) is 4. The van der Waals surface area contributed by atoms with Gasteiger partial charge in [-0.1, -0.05) is 6.07 Å². The Morgan fingerprint density at radius 2 is 2.06 bits per heavy atom. The first-order valence-corrected chi connectivity index (χ1v) is 5.82. The highest BCUT2D eigenvalue weighted by Gasteiger charge is 2.04. The fourth-order valence-electron chi connectivity index (χ4n) is 1.53. The second kappa shape index (κ2) is 4.45. The van der Waals surface area contributed by atoms with Gasteiger partial charge in [-0.05, 0) is 29.3 Å². The Bertz CT molecular complexity index is 494. The normalized spacial score (nSPS) is 10.1. The van der Waals surface area contributed by atoms with Crippen LogP contribution in [0.3, 0.4) is 0 Å². The summed E-state index contributed by atoms with van der Waals surface area (Å²) in [7, 11) is 3.53. The summed E-state index contributed by atoms with van der Waals surface area (Å²) in [5.74, 6) is 0.716. The van der Waals surface area contributed by atoms with Crippen molar-refractivity contribution in [2.45, 2.75) is 0 Å². The number of ether oxygens (including phenoxy) is 1. The van der Waals surface area contributed by atoms with Crippen LogP contribution in [0, 0.1) is 0 Å². The van der Waals surface area contributed by atoms with Gasteiger partial charge in [0.05, 0.1) is 17.8 Å². The average molecular weight is 234 g/mol. The number of nitrogens with one attached hydrogen (secondary N) is 1. The number of methoxy groups -OCH3 is 1. The maximum absolute atomic E-state index is 5.87. The van der Waals surface area contributed by atoms with Crippen molar-refractivity contribution in [3.8, 4) is 16.9 Å². The van der Waals surface area contributed by atoms with Gasteiger partial charge in [-0.15, -0.1) is 11.3 Å². The first kappa shape index (κ1) is 10.8. The van der Waals surface area contributed by atoms with Crippen LogP contribution >= 0.6 is 11.3 Å². The van der Waals surface area contributed by atoms with Crippen molar-refractivity contribution >= 4 is 22.0 Å². The van der Waals surface area contributed by atoms with Crippen LogP contribution in [0.1, 0.15) is 0 Å². The van der Waals surface area contributed by atoms with Crippen molar-refractivity contribution < 1.29 is 4.74 Å². The van der Waals surface area contributed by atoms with Gasteiger partial charge in [0.15, 0.2) is 0 Å². The first-order chi connectivity index (χ1) is 7.74. The molecule has 2 aromatic rings. The van der Waals surface area contributed by atoms with Gasteiger partial charge in [0.2, 0.25) is 0 Å². The zero-order valence-electron chi connectivity index (χ0n) is 9.28. The maximum atomic E-state index is 5.87. The van der Waals surface area contributed by atoms with Crippen LogP contribution in [-0.4, -0.2) is 14.2 Å². The minimum absolute atomic E-state index is 0.664. The Morgan fingerprint density at radius 1 is 1.25 bits per heavy atom. The van der Waals surface area contributed by atoms with Crippen molar-refractivity contribution in [3.63, 3.8) is 0 Å². The monoisotopic (exact) mass is 234 g/mol. The van der Waals surface area contributed by atoms with Gasteiger partial charge in [0, 0.05) is 12.4 Å². The summed E-state index contributed by atoms with van der Waals surface area (Å²) in [6.45, 7) is 0. The first-order valence-electron chi connectivity index (χ1n) is 4.94. The van der Waals surface area contributed by atoms with Crippen LogP contribution in [0.2, 0.25) is 0 Å². The van der Waals surface area contributed by atoms with E-state index in [4.69, 9.17) is 10.5 Å². The summed E-state index contributed by atoms with van der Waals surface area (Å²) in [5, 5.41) is 6.36. The van der Waals surface area contributed by atoms with Gasteiger partial charge in [-0.25, -0.2) is 0 Å². The molecule has 1 aromatic carbocycles. The summed E-state index contributed by atoms with van der Waals surface area (Å²) in [6, 6.07) is 7.93. The lowest BCUT2D eigenvalue weighted by Gasteiger charge is -2.05. The standard InChI is InChI=1S/C12H14N2OS/c1-14-12-6-9(7-16-12)8-3-4-11(15-2)10(13)5-8/h3-7,14H,13H2,1-2H3. The molecule has 1 aromatic heterocycles. The smallest absolute Gasteiger partial charge is 0.141 e. The summed E-state index contributed by atoms with van der Waals surface area (Å²) < 4.78 is 5.13. The zero-order valence-corrected chi connectivity index (χ0v) is 10.1. The molecule has 1 heterocycles. The largest absolute Gasteiger partial charge is 0.495 e. The number of benzene rings is 1. The molecule has 4 heteroatoms. The van der Waals surface area contributed by atoms with Crippen molar-refractivity contribution in [2.24, 2.45) is 0 Å². The van der Waals surface area contributed by atoms with Crippen molar-refractivity contribution in [2.75, 3.05) is 25.2 Å². The second-order valence-electron chi connectivity index (χ2n) is 3.41. The third-order valence-corrected chi connectivity index (χ3v) is 3.36. The molecule has 0 bridgehead atoms. The summed E-state index contributed by atoms with van der Waals surface area (Å²) >= 11 is 1.68. The number of nitrogens with two attached hydrogens (primary N) is 1. The van der Waals surface area contributed by atoms with Crippen LogP contribution in [0.4, 0.5) is 10.7 Å². The quantitative estimate of drug-likeness (QED) is 0.802. The SMILES string of the molecule is CNc1cc(-c2ccc(OC)c(N)c2)cs1. The predicted molar refractivity (Wildman–Crippen MR) is 70.3 cm³/mol. The third kappa shape index (κ3) is 1.97. The third-order valence-electron chi connectivity index (χ3n) is 2.41. The lowest BCUT2D eigenvalue weighted by atomic mass is 10.1. The van der Waals surface area contributed by atoms with Gasteiger partial charge in [0.1, 0.15) is 5.75 Å². The molecule has 0 aliphatic carbocycles. The van der Waals surface area contributed by atoms with Crippen LogP contribution in [-0.2, 0) is 0 Å². The van der Waals surface area contributed by atoms with Crippen LogP contribution in [0.25, 0.3) is 11.1 Å². The van der Waals surface area contributed by atoms with E-state index in [0.29, 0.717) is 11.4 Å². The Hall–Kier alpha value is -1.68. The molecule has 0 amide bonds. The Labute approximate surface area is 98.9 Å². The lowest BCUT2D eigenvalue weighted by molar-refractivity contribution is 0.417. The van der Waals surface area contributed by atoms with E-state index in [1.165, 1.54) is 5.56 Å². The average Bonchev–Trinajstić information content (AvgIpc) is 2.77.